The van der Waals surface area contributed by atoms with Gasteiger partial charge in [-0.2, -0.15) is 0 Å². The molecular weight excluding hydrogens is 1080 g/mol. The Bertz CT molecular complexity index is 1600. The van der Waals surface area contributed by atoms with Crippen molar-refractivity contribution in [2.24, 2.45) is 11.8 Å². The molecule has 81 heavy (non-hydrogen) atoms. The zero-order valence-corrected chi connectivity index (χ0v) is 53.9. The third kappa shape index (κ3) is 56.9. The third-order valence-corrected chi connectivity index (χ3v) is 16.1. The van der Waals surface area contributed by atoms with E-state index in [0.717, 1.165) is 108 Å². The topological polar surface area (TPSA) is 237 Å². The van der Waals surface area contributed by atoms with Crippen molar-refractivity contribution >= 4 is 39.5 Å². The quantitative estimate of drug-likeness (QED) is 0.0222. The number of carbonyl (C=O) groups excluding carboxylic acids is 4. The summed E-state index contributed by atoms with van der Waals surface area (Å²) in [5.74, 6) is -0.677. The number of phosphoric ester groups is 2. The zero-order chi connectivity index (χ0) is 60.1. The van der Waals surface area contributed by atoms with Crippen LogP contribution in [0.2, 0.25) is 0 Å². The van der Waals surface area contributed by atoms with Crippen LogP contribution >= 0.6 is 15.6 Å². The van der Waals surface area contributed by atoms with E-state index in [4.69, 9.17) is 37.0 Å². The molecule has 0 aromatic carbocycles. The molecule has 5 atom stereocenters. The van der Waals surface area contributed by atoms with Gasteiger partial charge in [0.25, 0.3) is 0 Å². The van der Waals surface area contributed by atoms with Crippen molar-refractivity contribution in [3.05, 3.63) is 0 Å². The van der Waals surface area contributed by atoms with Crippen molar-refractivity contribution in [1.82, 2.24) is 0 Å². The van der Waals surface area contributed by atoms with Crippen molar-refractivity contribution in [3.63, 3.8) is 0 Å². The van der Waals surface area contributed by atoms with E-state index in [9.17, 15) is 43.2 Å². The molecule has 0 spiro atoms. The Morgan fingerprint density at radius 2 is 0.568 bits per heavy atom. The maximum absolute atomic E-state index is 12.9. The maximum atomic E-state index is 12.9. The standard InChI is InChI=1S/C62H120O17P2/c1-7-9-11-13-14-15-16-17-21-27-33-39-45-60(65)73-51-58(79-61(66)46-40-34-28-22-19-18-20-25-31-36-42-54(3)4)53-77-81(70,71)75-49-56(63)48-74-80(68,69)76-52-57(50-72-59(64)44-38-30-12-10-8-2)78-62(67)47-41-35-29-24-23-26-32-37-43-55(5)6/h54-58,63H,7-53H2,1-6H3,(H,68,69)(H,70,71)/t56-,57+,58+/m0/s1. The number of carbonyl (C=O) groups is 4. The summed E-state index contributed by atoms with van der Waals surface area (Å²) in [5.41, 5.74) is 0. The van der Waals surface area contributed by atoms with Crippen LogP contribution in [0.5, 0.6) is 0 Å². The second-order valence-electron chi connectivity index (χ2n) is 23.4. The molecule has 0 saturated carbocycles. The summed E-state index contributed by atoms with van der Waals surface area (Å²) in [6.07, 6.45) is 36.5. The molecule has 0 radical (unpaired) electrons. The molecule has 0 aliphatic heterocycles. The molecule has 480 valence electrons. The average molecular weight is 1200 g/mol. The van der Waals surface area contributed by atoms with Gasteiger partial charge in [-0.1, -0.05) is 253 Å². The molecule has 0 aromatic heterocycles. The van der Waals surface area contributed by atoms with Crippen LogP contribution in [0.1, 0.15) is 305 Å². The number of aliphatic hydroxyl groups excluding tert-OH is 1. The minimum absolute atomic E-state index is 0.103. The fraction of sp³-hybridized carbons (Fsp3) is 0.935. The van der Waals surface area contributed by atoms with Crippen molar-refractivity contribution in [1.29, 1.82) is 0 Å². The van der Waals surface area contributed by atoms with Crippen LogP contribution < -0.4 is 0 Å². The van der Waals surface area contributed by atoms with Gasteiger partial charge in [0.05, 0.1) is 26.4 Å². The lowest BCUT2D eigenvalue weighted by Gasteiger charge is -2.21. The Labute approximate surface area is 492 Å². The number of rotatable bonds is 61. The van der Waals surface area contributed by atoms with Crippen LogP contribution in [-0.4, -0.2) is 96.7 Å². The van der Waals surface area contributed by atoms with E-state index in [1.54, 1.807) is 0 Å². The van der Waals surface area contributed by atoms with Gasteiger partial charge in [-0.3, -0.25) is 37.3 Å². The fourth-order valence-electron chi connectivity index (χ4n) is 9.18. The first-order valence-corrected chi connectivity index (χ1v) is 35.5. The molecule has 0 fully saturated rings. The minimum Gasteiger partial charge on any atom is -0.462 e. The lowest BCUT2D eigenvalue weighted by atomic mass is 10.0. The summed E-state index contributed by atoms with van der Waals surface area (Å²) in [5, 5.41) is 10.5. The van der Waals surface area contributed by atoms with Gasteiger partial charge in [0, 0.05) is 25.7 Å². The van der Waals surface area contributed by atoms with Crippen LogP contribution in [-0.2, 0) is 65.4 Å². The second kappa shape index (κ2) is 54.7. The van der Waals surface area contributed by atoms with E-state index >= 15 is 0 Å². The maximum Gasteiger partial charge on any atom is 0.472 e. The third-order valence-electron chi connectivity index (χ3n) is 14.2. The van der Waals surface area contributed by atoms with Gasteiger partial charge in [0.2, 0.25) is 0 Å². The molecule has 0 bridgehead atoms. The minimum atomic E-state index is -4.94. The van der Waals surface area contributed by atoms with Crippen molar-refractivity contribution in [2.75, 3.05) is 39.6 Å². The highest BCUT2D eigenvalue weighted by molar-refractivity contribution is 7.47. The lowest BCUT2D eigenvalue weighted by molar-refractivity contribution is -0.161. The van der Waals surface area contributed by atoms with E-state index in [0.29, 0.717) is 25.7 Å². The van der Waals surface area contributed by atoms with E-state index in [2.05, 4.69) is 41.5 Å². The summed E-state index contributed by atoms with van der Waals surface area (Å²) in [7, 11) is -9.88. The largest absolute Gasteiger partial charge is 0.472 e. The predicted molar refractivity (Wildman–Crippen MR) is 321 cm³/mol. The Morgan fingerprint density at radius 1 is 0.333 bits per heavy atom. The number of aliphatic hydroxyl groups is 1. The first-order chi connectivity index (χ1) is 38.9. The zero-order valence-electron chi connectivity index (χ0n) is 52.1. The molecule has 0 aromatic rings. The van der Waals surface area contributed by atoms with E-state index in [1.807, 2.05) is 0 Å². The van der Waals surface area contributed by atoms with E-state index < -0.39 is 97.5 Å². The van der Waals surface area contributed by atoms with Crippen LogP contribution in [0, 0.1) is 11.8 Å². The second-order valence-corrected chi connectivity index (χ2v) is 26.3. The first-order valence-electron chi connectivity index (χ1n) is 32.5. The van der Waals surface area contributed by atoms with Crippen LogP contribution in [0.3, 0.4) is 0 Å². The first kappa shape index (κ1) is 79.1. The molecule has 0 saturated heterocycles. The van der Waals surface area contributed by atoms with Crippen molar-refractivity contribution in [3.8, 4) is 0 Å². The molecule has 3 N–H and O–H groups in total. The van der Waals surface area contributed by atoms with Gasteiger partial charge < -0.3 is 33.8 Å². The number of unbranched alkanes of at least 4 members (excludes halogenated alkanes) is 31. The number of phosphoric acid groups is 2. The monoisotopic (exact) mass is 1200 g/mol. The van der Waals surface area contributed by atoms with Gasteiger partial charge in [0.1, 0.15) is 19.3 Å². The summed E-state index contributed by atoms with van der Waals surface area (Å²) in [6, 6.07) is 0. The number of hydrogen-bond acceptors (Lipinski definition) is 15. The van der Waals surface area contributed by atoms with Gasteiger partial charge in [-0.25, -0.2) is 9.13 Å². The van der Waals surface area contributed by atoms with Crippen LogP contribution in [0.25, 0.3) is 0 Å². The SMILES string of the molecule is CCCCCCCCCCCCCCC(=O)OC[C@H](COP(=O)(O)OC[C@@H](O)COP(=O)(O)OC[C@@H](COC(=O)CCCCCCC)OC(=O)CCCCCCCCCCC(C)C)OC(=O)CCCCCCCCCCCCC(C)C. The molecule has 0 heterocycles. The number of hydrogen-bond donors (Lipinski definition) is 3. The molecule has 0 rings (SSSR count). The predicted octanol–water partition coefficient (Wildman–Crippen LogP) is 16.9. The summed E-state index contributed by atoms with van der Waals surface area (Å²) < 4.78 is 67.7. The summed E-state index contributed by atoms with van der Waals surface area (Å²) in [6.45, 7) is 9.34. The average Bonchev–Trinajstić information content (AvgIpc) is 3.42. The Balaban J connectivity index is 5.19. The smallest absolute Gasteiger partial charge is 0.462 e. The Morgan fingerprint density at radius 3 is 0.840 bits per heavy atom. The fourth-order valence-corrected chi connectivity index (χ4v) is 10.8. The molecule has 19 heteroatoms. The van der Waals surface area contributed by atoms with Gasteiger partial charge >= 0.3 is 39.5 Å². The van der Waals surface area contributed by atoms with Crippen LogP contribution in [0.15, 0.2) is 0 Å². The lowest BCUT2D eigenvalue weighted by Crippen LogP contribution is -2.30. The van der Waals surface area contributed by atoms with Gasteiger partial charge in [-0.05, 0) is 37.5 Å². The molecule has 17 nitrogen and oxygen atoms in total. The molecule has 2 unspecified atom stereocenters. The molecule has 0 amide bonds. The van der Waals surface area contributed by atoms with Crippen LogP contribution in [0.4, 0.5) is 0 Å². The molecular formula is C62H120O17P2. The highest BCUT2D eigenvalue weighted by Crippen LogP contribution is 2.45. The number of esters is 4. The Hall–Kier alpha value is -1.94. The number of ether oxygens (including phenoxy) is 4. The molecule has 0 aliphatic carbocycles. The summed E-state index contributed by atoms with van der Waals surface area (Å²) in [4.78, 5) is 71.9. The Kier molecular flexibility index (Phi) is 53.4. The highest BCUT2D eigenvalue weighted by atomic mass is 31.2. The summed E-state index contributed by atoms with van der Waals surface area (Å²) >= 11 is 0. The van der Waals surface area contributed by atoms with E-state index in [1.165, 1.54) is 116 Å². The van der Waals surface area contributed by atoms with Gasteiger partial charge in [-0.15, -0.1) is 0 Å². The van der Waals surface area contributed by atoms with E-state index in [-0.39, 0.29) is 25.7 Å². The highest BCUT2D eigenvalue weighted by Gasteiger charge is 2.30. The normalized spacial score (nSPS) is 14.4. The van der Waals surface area contributed by atoms with Gasteiger partial charge in [0.15, 0.2) is 12.2 Å². The molecule has 0 aliphatic rings. The van der Waals surface area contributed by atoms with Crippen molar-refractivity contribution in [2.45, 2.75) is 323 Å². The van der Waals surface area contributed by atoms with Crippen molar-refractivity contribution < 1.29 is 80.2 Å².